The van der Waals surface area contributed by atoms with E-state index in [0.29, 0.717) is 28.7 Å². The normalized spacial score (nSPS) is 19.6. The van der Waals surface area contributed by atoms with Crippen molar-refractivity contribution >= 4 is 28.2 Å². The highest BCUT2D eigenvalue weighted by Crippen LogP contribution is 2.46. The number of carbonyl (C=O) groups is 2. The van der Waals surface area contributed by atoms with E-state index in [1.54, 1.807) is 41.7 Å². The zero-order valence-electron chi connectivity index (χ0n) is 21.8. The minimum atomic E-state index is -0.541. The Morgan fingerprint density at radius 1 is 1.05 bits per heavy atom. The van der Waals surface area contributed by atoms with E-state index in [4.69, 9.17) is 18.9 Å². The van der Waals surface area contributed by atoms with Gasteiger partial charge in [-0.2, -0.15) is 0 Å². The molecule has 38 heavy (non-hydrogen) atoms. The van der Waals surface area contributed by atoms with Gasteiger partial charge in [-0.05, 0) is 72.1 Å². The lowest BCUT2D eigenvalue weighted by Gasteiger charge is -2.34. The number of hydrogen-bond donors (Lipinski definition) is 2. The second-order valence-electron chi connectivity index (χ2n) is 10.9. The Morgan fingerprint density at radius 3 is 2.66 bits per heavy atom. The van der Waals surface area contributed by atoms with E-state index in [2.05, 4.69) is 31.4 Å². The maximum absolute atomic E-state index is 13.2. The maximum Gasteiger partial charge on any atom is 0.343 e. The molecule has 2 aromatic carbocycles. The molecule has 8 nitrogen and oxygen atoms in total. The Kier molecular flexibility index (Phi) is 5.98. The van der Waals surface area contributed by atoms with E-state index in [-0.39, 0.29) is 23.9 Å². The molecule has 0 saturated heterocycles. The number of amides is 1. The summed E-state index contributed by atoms with van der Waals surface area (Å²) in [5, 5.41) is 7.52. The molecule has 198 valence electrons. The van der Waals surface area contributed by atoms with Gasteiger partial charge in [0.1, 0.15) is 11.2 Å². The summed E-state index contributed by atoms with van der Waals surface area (Å²) >= 11 is 1.70. The third kappa shape index (κ3) is 4.34. The van der Waals surface area contributed by atoms with Crippen molar-refractivity contribution in [3.05, 3.63) is 63.5 Å². The molecule has 3 heterocycles. The fraction of sp³-hybridized carbons (Fsp3) is 0.379. The van der Waals surface area contributed by atoms with Crippen molar-refractivity contribution < 1.29 is 28.5 Å². The van der Waals surface area contributed by atoms with E-state index in [9.17, 15) is 9.59 Å². The molecule has 1 aromatic heterocycles. The number of esters is 1. The first-order chi connectivity index (χ1) is 18.2. The summed E-state index contributed by atoms with van der Waals surface area (Å²) in [7, 11) is 1.51. The van der Waals surface area contributed by atoms with Crippen molar-refractivity contribution in [3.8, 4) is 23.0 Å². The molecular weight excluding hydrogens is 504 g/mol. The van der Waals surface area contributed by atoms with Gasteiger partial charge in [-0.3, -0.25) is 4.79 Å². The summed E-state index contributed by atoms with van der Waals surface area (Å²) in [6.07, 6.45) is 2.61. The lowest BCUT2D eigenvalue weighted by Crippen LogP contribution is -2.38. The second kappa shape index (κ2) is 9.23. The topological polar surface area (TPSA) is 95.1 Å². The number of nitrogens with one attached hydrogen (secondary N) is 2. The van der Waals surface area contributed by atoms with Crippen molar-refractivity contribution in [2.75, 3.05) is 19.2 Å². The summed E-state index contributed by atoms with van der Waals surface area (Å²) in [5.74, 6) is 1.76. The van der Waals surface area contributed by atoms with Gasteiger partial charge in [0.2, 0.25) is 6.79 Å². The average molecular weight is 535 g/mol. The number of methoxy groups -OCH3 is 1. The molecule has 1 aliphatic carbocycles. The van der Waals surface area contributed by atoms with Crippen molar-refractivity contribution in [2.24, 2.45) is 11.3 Å². The van der Waals surface area contributed by atoms with Crippen LogP contribution in [-0.2, 0) is 12.8 Å². The Labute approximate surface area is 225 Å². The van der Waals surface area contributed by atoms with Gasteiger partial charge in [0, 0.05) is 4.88 Å². The van der Waals surface area contributed by atoms with Crippen molar-refractivity contribution in [1.82, 2.24) is 5.32 Å². The van der Waals surface area contributed by atoms with Gasteiger partial charge in [0.15, 0.2) is 23.0 Å². The molecule has 0 fully saturated rings. The summed E-state index contributed by atoms with van der Waals surface area (Å²) in [5.41, 5.74) is 3.35. The Bertz CT molecular complexity index is 1440. The predicted octanol–water partition coefficient (Wildman–Crippen LogP) is 5.71. The van der Waals surface area contributed by atoms with Crippen LogP contribution in [0.2, 0.25) is 0 Å². The third-order valence-electron chi connectivity index (χ3n) is 7.60. The van der Waals surface area contributed by atoms with Crippen LogP contribution in [-0.4, -0.2) is 25.8 Å². The molecule has 9 heteroatoms. The molecule has 2 aliphatic heterocycles. The van der Waals surface area contributed by atoms with Gasteiger partial charge < -0.3 is 29.6 Å². The van der Waals surface area contributed by atoms with Gasteiger partial charge in [-0.15, -0.1) is 11.3 Å². The highest BCUT2D eigenvalue weighted by Gasteiger charge is 2.36. The predicted molar refractivity (Wildman–Crippen MR) is 144 cm³/mol. The minimum Gasteiger partial charge on any atom is -0.493 e. The van der Waals surface area contributed by atoms with Crippen LogP contribution in [0.3, 0.4) is 0 Å². The zero-order valence-corrected chi connectivity index (χ0v) is 22.6. The van der Waals surface area contributed by atoms with Gasteiger partial charge >= 0.3 is 5.97 Å². The molecule has 0 bridgehead atoms. The fourth-order valence-electron chi connectivity index (χ4n) is 5.33. The number of hydrogen-bond acceptors (Lipinski definition) is 8. The van der Waals surface area contributed by atoms with Crippen LogP contribution < -0.4 is 29.6 Å². The molecule has 0 radical (unpaired) electrons. The summed E-state index contributed by atoms with van der Waals surface area (Å²) < 4.78 is 21.8. The smallest absolute Gasteiger partial charge is 0.343 e. The SMILES string of the molecule is COc1cc([C@H]2NC(=O)c3c(sc4c3CC[C@H](C(C)(C)C)C4)N2)ccc1OC(=O)c1ccc2c(c1)OCO2. The van der Waals surface area contributed by atoms with Gasteiger partial charge in [0.25, 0.3) is 5.91 Å². The van der Waals surface area contributed by atoms with Gasteiger partial charge in [-0.1, -0.05) is 26.8 Å². The first-order valence-corrected chi connectivity index (χ1v) is 13.5. The molecular formula is C29H30N2O6S. The lowest BCUT2D eigenvalue weighted by molar-refractivity contribution is 0.0729. The third-order valence-corrected chi connectivity index (χ3v) is 8.79. The van der Waals surface area contributed by atoms with Crippen molar-refractivity contribution in [2.45, 2.75) is 46.2 Å². The number of carbonyl (C=O) groups excluding carboxylic acids is 2. The fourth-order valence-corrected chi connectivity index (χ4v) is 6.69. The average Bonchev–Trinajstić information content (AvgIpc) is 3.51. The monoisotopic (exact) mass is 534 g/mol. The highest BCUT2D eigenvalue weighted by molar-refractivity contribution is 7.16. The first kappa shape index (κ1) is 24.6. The Hall–Kier alpha value is -3.72. The molecule has 3 aromatic rings. The molecule has 1 amide bonds. The molecule has 0 spiro atoms. The van der Waals surface area contributed by atoms with E-state index >= 15 is 0 Å². The Morgan fingerprint density at radius 2 is 1.87 bits per heavy atom. The number of benzene rings is 2. The summed E-state index contributed by atoms with van der Waals surface area (Å²) in [4.78, 5) is 27.3. The van der Waals surface area contributed by atoms with Crippen LogP contribution in [0.5, 0.6) is 23.0 Å². The molecule has 6 rings (SSSR count). The zero-order chi connectivity index (χ0) is 26.6. The van der Waals surface area contributed by atoms with E-state index in [1.165, 1.54) is 17.6 Å². The molecule has 2 N–H and O–H groups in total. The maximum atomic E-state index is 13.2. The van der Waals surface area contributed by atoms with E-state index in [0.717, 1.165) is 35.4 Å². The van der Waals surface area contributed by atoms with E-state index in [1.807, 2.05) is 6.07 Å². The molecule has 0 unspecified atom stereocenters. The van der Waals surface area contributed by atoms with Crippen LogP contribution in [0.1, 0.15) is 70.1 Å². The van der Waals surface area contributed by atoms with Crippen molar-refractivity contribution in [3.63, 3.8) is 0 Å². The lowest BCUT2D eigenvalue weighted by atomic mass is 9.72. The van der Waals surface area contributed by atoms with E-state index < -0.39 is 12.1 Å². The summed E-state index contributed by atoms with van der Waals surface area (Å²) in [6.45, 7) is 7.00. The molecule has 2 atom stereocenters. The van der Waals surface area contributed by atoms with Crippen molar-refractivity contribution in [1.29, 1.82) is 0 Å². The van der Waals surface area contributed by atoms with Gasteiger partial charge in [-0.25, -0.2) is 4.79 Å². The quantitative estimate of drug-likeness (QED) is 0.327. The number of anilines is 1. The van der Waals surface area contributed by atoms with Crippen LogP contribution in [0.25, 0.3) is 0 Å². The van der Waals surface area contributed by atoms with Crippen LogP contribution in [0.4, 0.5) is 5.00 Å². The largest absolute Gasteiger partial charge is 0.493 e. The first-order valence-electron chi connectivity index (χ1n) is 12.7. The molecule has 0 saturated carbocycles. The highest BCUT2D eigenvalue weighted by atomic mass is 32.1. The Balaban J connectivity index is 1.21. The number of ether oxygens (including phenoxy) is 4. The van der Waals surface area contributed by atoms with Gasteiger partial charge in [0.05, 0.1) is 18.2 Å². The standard InChI is InChI=1S/C29H30N2O6S/c1-29(2,3)17-7-8-18-23(13-17)38-27-24(18)26(32)30-25(31-27)15-5-10-20(21(11-15)34-4)37-28(33)16-6-9-19-22(12-16)36-14-35-19/h5-6,9-12,17,25,31H,7-8,13-14H2,1-4H3,(H,30,32)/t17-,25-/m0/s1. The second-order valence-corrected chi connectivity index (χ2v) is 12.0. The number of thiophene rings is 1. The molecule has 3 aliphatic rings. The van der Waals surface area contributed by atoms with Crippen LogP contribution in [0, 0.1) is 11.3 Å². The number of fused-ring (bicyclic) bond motifs is 4. The minimum absolute atomic E-state index is 0.0623. The number of rotatable bonds is 4. The summed E-state index contributed by atoms with van der Waals surface area (Å²) in [6, 6.07) is 10.2. The van der Waals surface area contributed by atoms with Crippen LogP contribution in [0.15, 0.2) is 36.4 Å². The van der Waals surface area contributed by atoms with Crippen LogP contribution >= 0.6 is 11.3 Å².